The van der Waals surface area contributed by atoms with Crippen LogP contribution in [-0.4, -0.2) is 36.6 Å². The van der Waals surface area contributed by atoms with E-state index in [1.807, 2.05) is 36.4 Å². The molecule has 1 heterocycles. The van der Waals surface area contributed by atoms with Gasteiger partial charge < -0.3 is 19.5 Å². The van der Waals surface area contributed by atoms with Gasteiger partial charge in [-0.2, -0.15) is 0 Å². The first-order valence-electron chi connectivity index (χ1n) is 12.1. The summed E-state index contributed by atoms with van der Waals surface area (Å²) in [7, 11) is 0. The molecule has 8 heteroatoms. The molecule has 0 bridgehead atoms. The number of carbonyl (C=O) groups excluding carboxylic acids is 2. The van der Waals surface area contributed by atoms with Crippen molar-refractivity contribution in [1.82, 2.24) is 10.6 Å². The van der Waals surface area contributed by atoms with Crippen LogP contribution < -0.4 is 20.1 Å². The molecule has 0 fully saturated rings. The molecule has 0 saturated heterocycles. The minimum Gasteiger partial charge on any atom is -0.493 e. The van der Waals surface area contributed by atoms with Gasteiger partial charge in [-0.3, -0.25) is 15.5 Å². The number of ether oxygens (including phenoxy) is 3. The van der Waals surface area contributed by atoms with Gasteiger partial charge >= 0.3 is 6.09 Å². The lowest BCUT2D eigenvalue weighted by atomic mass is 9.96. The summed E-state index contributed by atoms with van der Waals surface area (Å²) in [4.78, 5) is 24.6. The number of hydrogen-bond acceptors (Lipinski definition) is 6. The van der Waals surface area contributed by atoms with Crippen LogP contribution >= 0.6 is 0 Å². The molecule has 1 aliphatic heterocycles. The molecular weight excluding hydrogens is 470 g/mol. The third-order valence-electron chi connectivity index (χ3n) is 5.68. The normalized spacial score (nSPS) is 14.2. The monoisotopic (exact) mass is 501 g/mol. The zero-order valence-corrected chi connectivity index (χ0v) is 21.2. The fourth-order valence-corrected chi connectivity index (χ4v) is 3.91. The number of amidine groups is 1. The van der Waals surface area contributed by atoms with Crippen LogP contribution in [0.5, 0.6) is 17.2 Å². The predicted octanol–water partition coefficient (Wildman–Crippen LogP) is 5.63. The van der Waals surface area contributed by atoms with E-state index < -0.39 is 11.7 Å². The van der Waals surface area contributed by atoms with Gasteiger partial charge in [0.15, 0.2) is 0 Å². The van der Waals surface area contributed by atoms with E-state index in [9.17, 15) is 9.59 Å². The molecule has 4 rings (SSSR count). The first-order valence-corrected chi connectivity index (χ1v) is 12.1. The van der Waals surface area contributed by atoms with Crippen LogP contribution in [0.3, 0.4) is 0 Å². The molecule has 0 spiro atoms. The van der Waals surface area contributed by atoms with Gasteiger partial charge in [0.05, 0.1) is 6.61 Å². The second-order valence-corrected chi connectivity index (χ2v) is 9.75. The fourth-order valence-electron chi connectivity index (χ4n) is 3.91. The molecule has 3 N–H and O–H groups in total. The van der Waals surface area contributed by atoms with Crippen molar-refractivity contribution in [2.24, 2.45) is 0 Å². The number of rotatable bonds is 7. The van der Waals surface area contributed by atoms with Gasteiger partial charge in [0, 0.05) is 29.2 Å². The molecule has 0 saturated carbocycles. The zero-order chi connectivity index (χ0) is 26.4. The van der Waals surface area contributed by atoms with Gasteiger partial charge in [0.2, 0.25) is 0 Å². The molecule has 37 heavy (non-hydrogen) atoms. The summed E-state index contributed by atoms with van der Waals surface area (Å²) >= 11 is 0. The summed E-state index contributed by atoms with van der Waals surface area (Å²) in [6.07, 6.45) is -0.00213. The number of para-hydroxylation sites is 1. The van der Waals surface area contributed by atoms with Crippen LogP contribution in [-0.2, 0) is 4.74 Å². The standard InChI is InChI=1S/C29H31N3O5/c1-29(2,3)37-28(34)32-26(30)20-11-14-25-24(17-20)21(18-35-25)15-16-31-27(33)19-9-12-23(13-10-19)36-22-7-5-4-6-8-22/h4-14,17,21H,15-16,18H2,1-3H3,(H,31,33)(H2,30,32,34). The zero-order valence-electron chi connectivity index (χ0n) is 21.2. The second kappa shape index (κ2) is 11.2. The first-order chi connectivity index (χ1) is 17.7. The summed E-state index contributed by atoms with van der Waals surface area (Å²) in [5, 5.41) is 13.7. The van der Waals surface area contributed by atoms with Crippen molar-refractivity contribution in [3.63, 3.8) is 0 Å². The topological polar surface area (TPSA) is 110 Å². The Labute approximate surface area is 216 Å². The number of nitrogens with one attached hydrogen (secondary N) is 3. The van der Waals surface area contributed by atoms with E-state index in [-0.39, 0.29) is 17.7 Å². The highest BCUT2D eigenvalue weighted by Gasteiger charge is 2.25. The maximum Gasteiger partial charge on any atom is 0.413 e. The number of benzene rings is 3. The van der Waals surface area contributed by atoms with Crippen LogP contribution in [0.1, 0.15) is 54.6 Å². The Kier molecular flexibility index (Phi) is 7.77. The lowest BCUT2D eigenvalue weighted by Gasteiger charge is -2.20. The molecule has 0 aromatic heterocycles. The Morgan fingerprint density at radius 1 is 0.973 bits per heavy atom. The van der Waals surface area contributed by atoms with Crippen molar-refractivity contribution in [2.45, 2.75) is 38.7 Å². The van der Waals surface area contributed by atoms with E-state index in [0.29, 0.717) is 36.4 Å². The van der Waals surface area contributed by atoms with Crippen molar-refractivity contribution in [3.05, 3.63) is 89.5 Å². The highest BCUT2D eigenvalue weighted by Crippen LogP contribution is 2.36. The summed E-state index contributed by atoms with van der Waals surface area (Å²) in [6.45, 7) is 6.25. The minimum absolute atomic E-state index is 0.0457. The van der Waals surface area contributed by atoms with Crippen molar-refractivity contribution in [2.75, 3.05) is 13.2 Å². The Balaban J connectivity index is 1.29. The smallest absolute Gasteiger partial charge is 0.413 e. The molecular formula is C29H31N3O5. The molecule has 3 aromatic rings. The van der Waals surface area contributed by atoms with Crippen LogP contribution in [0.4, 0.5) is 4.79 Å². The average Bonchev–Trinajstić information content (AvgIpc) is 3.26. The Hall–Kier alpha value is -4.33. The van der Waals surface area contributed by atoms with Crippen molar-refractivity contribution in [1.29, 1.82) is 5.41 Å². The highest BCUT2D eigenvalue weighted by atomic mass is 16.6. The fraction of sp³-hybridized carbons (Fsp3) is 0.276. The maximum atomic E-state index is 12.6. The molecule has 1 unspecified atom stereocenters. The number of alkyl carbamates (subject to hydrolysis) is 1. The molecule has 8 nitrogen and oxygen atoms in total. The lowest BCUT2D eigenvalue weighted by Crippen LogP contribution is -2.36. The van der Waals surface area contributed by atoms with E-state index in [1.165, 1.54) is 0 Å². The van der Waals surface area contributed by atoms with Gasteiger partial charge in [0.25, 0.3) is 5.91 Å². The van der Waals surface area contributed by atoms with E-state index in [2.05, 4.69) is 10.6 Å². The number of amides is 2. The molecule has 1 aliphatic rings. The third-order valence-corrected chi connectivity index (χ3v) is 5.68. The summed E-state index contributed by atoms with van der Waals surface area (Å²) < 4.78 is 16.8. The predicted molar refractivity (Wildman–Crippen MR) is 141 cm³/mol. The van der Waals surface area contributed by atoms with Crippen LogP contribution in [0, 0.1) is 5.41 Å². The number of hydrogen-bond donors (Lipinski definition) is 3. The number of fused-ring (bicyclic) bond motifs is 1. The van der Waals surface area contributed by atoms with E-state index in [1.54, 1.807) is 57.2 Å². The van der Waals surface area contributed by atoms with Crippen LogP contribution in [0.2, 0.25) is 0 Å². The Bertz CT molecular complexity index is 1270. The lowest BCUT2D eigenvalue weighted by molar-refractivity contribution is 0.0563. The highest BCUT2D eigenvalue weighted by molar-refractivity contribution is 6.04. The van der Waals surface area contributed by atoms with Crippen molar-refractivity contribution >= 4 is 17.8 Å². The Morgan fingerprint density at radius 2 is 1.65 bits per heavy atom. The van der Waals surface area contributed by atoms with Crippen molar-refractivity contribution < 1.29 is 23.8 Å². The SMILES string of the molecule is CC(C)(C)OC(=O)NC(=N)c1ccc2c(c1)C(CCNC(=O)c1ccc(Oc3ccccc3)cc1)CO2. The first kappa shape index (κ1) is 25.8. The second-order valence-electron chi connectivity index (χ2n) is 9.75. The quantitative estimate of drug-likeness (QED) is 0.287. The largest absolute Gasteiger partial charge is 0.493 e. The van der Waals surface area contributed by atoms with E-state index >= 15 is 0 Å². The molecule has 0 aliphatic carbocycles. The summed E-state index contributed by atoms with van der Waals surface area (Å²) in [5.41, 5.74) is 1.41. The van der Waals surface area contributed by atoms with Gasteiger partial charge in [0.1, 0.15) is 28.7 Å². The Morgan fingerprint density at radius 3 is 2.35 bits per heavy atom. The molecule has 192 valence electrons. The molecule has 2 amide bonds. The summed E-state index contributed by atoms with van der Waals surface area (Å²) in [6, 6.07) is 21.8. The van der Waals surface area contributed by atoms with Gasteiger partial charge in [-0.1, -0.05) is 18.2 Å². The maximum absolute atomic E-state index is 12.6. The third kappa shape index (κ3) is 7.10. The molecule has 0 radical (unpaired) electrons. The summed E-state index contributed by atoms with van der Waals surface area (Å²) in [5.74, 6) is 1.99. The van der Waals surface area contributed by atoms with E-state index in [0.717, 1.165) is 17.1 Å². The molecule has 3 aromatic carbocycles. The van der Waals surface area contributed by atoms with Crippen LogP contribution in [0.25, 0.3) is 0 Å². The average molecular weight is 502 g/mol. The van der Waals surface area contributed by atoms with Crippen molar-refractivity contribution in [3.8, 4) is 17.2 Å². The van der Waals surface area contributed by atoms with Gasteiger partial charge in [-0.15, -0.1) is 0 Å². The van der Waals surface area contributed by atoms with Gasteiger partial charge in [-0.25, -0.2) is 4.79 Å². The van der Waals surface area contributed by atoms with Crippen LogP contribution in [0.15, 0.2) is 72.8 Å². The van der Waals surface area contributed by atoms with Gasteiger partial charge in [-0.05, 0) is 81.8 Å². The number of carbonyl (C=O) groups is 2. The van der Waals surface area contributed by atoms with E-state index in [4.69, 9.17) is 19.6 Å². The minimum atomic E-state index is -0.673. The molecule has 1 atom stereocenters.